The lowest BCUT2D eigenvalue weighted by Gasteiger charge is -2.27. The first-order valence-electron chi connectivity index (χ1n) is 9.32. The van der Waals surface area contributed by atoms with Crippen molar-refractivity contribution in [1.82, 2.24) is 4.90 Å². The van der Waals surface area contributed by atoms with Gasteiger partial charge < -0.3 is 4.90 Å². The van der Waals surface area contributed by atoms with Crippen LogP contribution in [0.25, 0.3) is 0 Å². The Morgan fingerprint density at radius 1 is 0.909 bits per heavy atom. The highest BCUT2D eigenvalue weighted by Gasteiger charge is 2.29. The van der Waals surface area contributed by atoms with E-state index in [0.29, 0.717) is 5.78 Å². The van der Waals surface area contributed by atoms with Crippen molar-refractivity contribution in [3.05, 3.63) is 12.2 Å². The molecule has 0 N–H and O–H groups in total. The molecule has 2 heteroatoms. The van der Waals surface area contributed by atoms with E-state index in [0.717, 1.165) is 19.4 Å². The van der Waals surface area contributed by atoms with Crippen molar-refractivity contribution < 1.29 is 4.79 Å². The number of hydrogen-bond donors (Lipinski definition) is 0. The van der Waals surface area contributed by atoms with Crippen LogP contribution in [0.2, 0.25) is 0 Å². The van der Waals surface area contributed by atoms with Gasteiger partial charge >= 0.3 is 0 Å². The average molecular weight is 310 g/mol. The highest BCUT2D eigenvalue weighted by Crippen LogP contribution is 2.33. The van der Waals surface area contributed by atoms with Gasteiger partial charge in [0.2, 0.25) is 0 Å². The number of ketones is 1. The van der Waals surface area contributed by atoms with E-state index in [2.05, 4.69) is 25.7 Å². The third kappa shape index (κ3) is 10.2. The molecule has 2 nitrogen and oxygen atoms in total. The number of unbranched alkanes of at least 4 members (excludes halogenated alkanes) is 6. The second-order valence-electron chi connectivity index (χ2n) is 7.21. The van der Waals surface area contributed by atoms with E-state index in [1.807, 2.05) is 26.2 Å². The number of rotatable bonds is 14. The monoisotopic (exact) mass is 309 g/mol. The molecule has 130 valence electrons. The fourth-order valence-electron chi connectivity index (χ4n) is 2.83. The molecule has 0 rings (SSSR count). The minimum absolute atomic E-state index is 0.149. The van der Waals surface area contributed by atoms with Crippen LogP contribution in [0.1, 0.15) is 85.0 Å². The van der Waals surface area contributed by atoms with Crippen molar-refractivity contribution in [2.75, 3.05) is 20.6 Å². The molecule has 0 aromatic carbocycles. The lowest BCUT2D eigenvalue weighted by molar-refractivity contribution is -0.123. The second kappa shape index (κ2) is 12.9. The first-order chi connectivity index (χ1) is 10.5. The second-order valence-corrected chi connectivity index (χ2v) is 7.21. The fraction of sp³-hybridized carbons (Fsp3) is 0.850. The van der Waals surface area contributed by atoms with E-state index in [-0.39, 0.29) is 5.41 Å². The maximum atomic E-state index is 12.7. The van der Waals surface area contributed by atoms with E-state index in [9.17, 15) is 4.79 Å². The predicted octanol–water partition coefficient (Wildman–Crippen LogP) is 5.62. The molecule has 0 saturated carbocycles. The van der Waals surface area contributed by atoms with E-state index < -0.39 is 0 Å². The highest BCUT2D eigenvalue weighted by molar-refractivity contribution is 5.94. The van der Waals surface area contributed by atoms with Crippen molar-refractivity contribution in [2.45, 2.75) is 85.0 Å². The fourth-order valence-corrected chi connectivity index (χ4v) is 2.83. The van der Waals surface area contributed by atoms with Gasteiger partial charge in [-0.1, -0.05) is 78.2 Å². The summed E-state index contributed by atoms with van der Waals surface area (Å²) >= 11 is 0. The van der Waals surface area contributed by atoms with Crippen LogP contribution >= 0.6 is 0 Å². The third-order valence-corrected chi connectivity index (χ3v) is 4.50. The quantitative estimate of drug-likeness (QED) is 0.306. The molecule has 0 spiro atoms. The molecule has 22 heavy (non-hydrogen) atoms. The standard InChI is InChI=1S/C20H39NO/c1-6-8-10-11-13-17-20(3,16-12-9-7-2)19(22)15-14-18-21(4)5/h14-15H,6-13,16-18H2,1-5H3/b15-14+. The zero-order valence-electron chi connectivity index (χ0n) is 15.8. The molecule has 0 amide bonds. The summed E-state index contributed by atoms with van der Waals surface area (Å²) in [6.45, 7) is 7.49. The smallest absolute Gasteiger partial charge is 0.161 e. The third-order valence-electron chi connectivity index (χ3n) is 4.50. The zero-order valence-corrected chi connectivity index (χ0v) is 15.8. The van der Waals surface area contributed by atoms with Crippen LogP contribution < -0.4 is 0 Å². The van der Waals surface area contributed by atoms with Crippen molar-refractivity contribution in [3.63, 3.8) is 0 Å². The van der Waals surface area contributed by atoms with Gasteiger partial charge in [0.05, 0.1) is 0 Å². The lowest BCUT2D eigenvalue weighted by Crippen LogP contribution is -2.26. The maximum Gasteiger partial charge on any atom is 0.161 e. The summed E-state index contributed by atoms with van der Waals surface area (Å²) in [6, 6.07) is 0. The maximum absolute atomic E-state index is 12.7. The first kappa shape index (κ1) is 21.4. The Bertz CT molecular complexity index is 309. The minimum Gasteiger partial charge on any atom is -0.306 e. The lowest BCUT2D eigenvalue weighted by atomic mass is 9.76. The highest BCUT2D eigenvalue weighted by atomic mass is 16.1. The average Bonchev–Trinajstić information content (AvgIpc) is 2.47. The summed E-state index contributed by atoms with van der Waals surface area (Å²) in [4.78, 5) is 14.7. The Balaban J connectivity index is 4.48. The number of carbonyl (C=O) groups is 1. The van der Waals surface area contributed by atoms with Gasteiger partial charge in [0, 0.05) is 12.0 Å². The minimum atomic E-state index is -0.149. The van der Waals surface area contributed by atoms with Crippen molar-refractivity contribution in [1.29, 1.82) is 0 Å². The molecule has 0 aliphatic rings. The van der Waals surface area contributed by atoms with Crippen LogP contribution in [-0.2, 0) is 4.79 Å². The molecule has 0 aromatic rings. The molecule has 0 aliphatic carbocycles. The Morgan fingerprint density at radius 3 is 1.95 bits per heavy atom. The number of allylic oxidation sites excluding steroid dienone is 1. The van der Waals surface area contributed by atoms with E-state index in [4.69, 9.17) is 0 Å². The Kier molecular flexibility index (Phi) is 12.5. The Morgan fingerprint density at radius 2 is 1.41 bits per heavy atom. The van der Waals surface area contributed by atoms with Crippen molar-refractivity contribution in [3.8, 4) is 0 Å². The van der Waals surface area contributed by atoms with Gasteiger partial charge in [-0.15, -0.1) is 0 Å². The first-order valence-corrected chi connectivity index (χ1v) is 9.32. The van der Waals surface area contributed by atoms with Crippen LogP contribution in [-0.4, -0.2) is 31.3 Å². The molecule has 0 heterocycles. The topological polar surface area (TPSA) is 20.3 Å². The number of likely N-dealkylation sites (N-methyl/N-ethyl adjacent to an activating group) is 1. The van der Waals surface area contributed by atoms with Gasteiger partial charge in [-0.3, -0.25) is 4.79 Å². The van der Waals surface area contributed by atoms with Crippen LogP contribution in [0.5, 0.6) is 0 Å². The zero-order chi connectivity index (χ0) is 16.8. The summed E-state index contributed by atoms with van der Waals surface area (Å²) in [5.41, 5.74) is -0.149. The molecule has 1 atom stereocenters. The van der Waals surface area contributed by atoms with E-state index >= 15 is 0 Å². The molecule has 0 aliphatic heterocycles. The predicted molar refractivity (Wildman–Crippen MR) is 98.3 cm³/mol. The Labute approximate surface area is 139 Å². The molecule has 1 unspecified atom stereocenters. The van der Waals surface area contributed by atoms with Gasteiger partial charge in [0.15, 0.2) is 5.78 Å². The molecule has 0 bridgehead atoms. The van der Waals surface area contributed by atoms with E-state index in [1.54, 1.807) is 0 Å². The summed E-state index contributed by atoms with van der Waals surface area (Å²) in [5, 5.41) is 0. The summed E-state index contributed by atoms with van der Waals surface area (Å²) < 4.78 is 0. The van der Waals surface area contributed by atoms with Gasteiger partial charge in [-0.2, -0.15) is 0 Å². The van der Waals surface area contributed by atoms with Crippen LogP contribution in [0.3, 0.4) is 0 Å². The van der Waals surface area contributed by atoms with Gasteiger partial charge in [-0.25, -0.2) is 0 Å². The Hall–Kier alpha value is -0.630. The molecule has 0 fully saturated rings. The van der Waals surface area contributed by atoms with Gasteiger partial charge in [0.25, 0.3) is 0 Å². The number of carbonyl (C=O) groups excluding carboxylic acids is 1. The van der Waals surface area contributed by atoms with Crippen LogP contribution in [0, 0.1) is 5.41 Å². The van der Waals surface area contributed by atoms with Crippen molar-refractivity contribution in [2.24, 2.45) is 5.41 Å². The van der Waals surface area contributed by atoms with Gasteiger partial charge in [0.1, 0.15) is 0 Å². The molecule has 0 radical (unpaired) electrons. The van der Waals surface area contributed by atoms with E-state index in [1.165, 1.54) is 51.4 Å². The summed E-state index contributed by atoms with van der Waals surface area (Å²) in [7, 11) is 4.06. The summed E-state index contributed by atoms with van der Waals surface area (Å²) in [6.07, 6.45) is 15.9. The largest absolute Gasteiger partial charge is 0.306 e. The normalized spacial score (nSPS) is 14.6. The number of nitrogens with zero attached hydrogens (tertiary/aromatic N) is 1. The molecule has 0 aromatic heterocycles. The van der Waals surface area contributed by atoms with Crippen molar-refractivity contribution >= 4 is 5.78 Å². The number of hydrogen-bond acceptors (Lipinski definition) is 2. The summed E-state index contributed by atoms with van der Waals surface area (Å²) in [5.74, 6) is 0.334. The molecule has 0 saturated heterocycles. The van der Waals surface area contributed by atoms with Gasteiger partial charge in [-0.05, 0) is 33.0 Å². The van der Waals surface area contributed by atoms with Crippen LogP contribution in [0.4, 0.5) is 0 Å². The van der Waals surface area contributed by atoms with Crippen LogP contribution in [0.15, 0.2) is 12.2 Å². The SMILES string of the molecule is CCCCCCCC(C)(CCCCC)C(=O)/C=C/CN(C)C. The molecular weight excluding hydrogens is 270 g/mol. The molecular formula is C20H39NO.